The molecule has 0 saturated carbocycles. The molecule has 8 heteroatoms. The Morgan fingerprint density at radius 3 is 2.55 bits per heavy atom. The molecular weight excluding hydrogens is 396 g/mol. The molecule has 0 amide bonds. The Morgan fingerprint density at radius 2 is 1.81 bits per heavy atom. The molecule has 0 unspecified atom stereocenters. The number of aromatic nitrogens is 1. The van der Waals surface area contributed by atoms with Crippen LogP contribution in [0.15, 0.2) is 48.5 Å². The Hall–Kier alpha value is -4.27. The van der Waals surface area contributed by atoms with Crippen LogP contribution in [0.2, 0.25) is 0 Å². The number of rotatable bonds is 7. The fourth-order valence-electron chi connectivity index (χ4n) is 3.25. The summed E-state index contributed by atoms with van der Waals surface area (Å²) in [4.78, 5) is 4.38. The summed E-state index contributed by atoms with van der Waals surface area (Å²) in [6.45, 7) is 0.354. The van der Waals surface area contributed by atoms with Crippen molar-refractivity contribution in [2.24, 2.45) is 0 Å². The fraction of sp³-hybridized carbons (Fsp3) is 0.174. The third-order valence-electron chi connectivity index (χ3n) is 4.67. The van der Waals surface area contributed by atoms with Crippen molar-refractivity contribution in [1.82, 2.24) is 4.98 Å². The van der Waals surface area contributed by atoms with E-state index in [4.69, 9.17) is 14.2 Å². The number of hydrogen-bond acceptors (Lipinski definition) is 8. The number of aliphatic hydroxyl groups excluding tert-OH is 1. The number of nitrogens with one attached hydrogen (secondary N) is 1. The summed E-state index contributed by atoms with van der Waals surface area (Å²) < 4.78 is 16.7. The van der Waals surface area contributed by atoms with E-state index in [-0.39, 0.29) is 49.4 Å². The normalized spacial score (nSPS) is 11.5. The van der Waals surface area contributed by atoms with Gasteiger partial charge in [-0.2, -0.15) is 15.5 Å². The van der Waals surface area contributed by atoms with Crippen LogP contribution < -0.4 is 19.5 Å². The van der Waals surface area contributed by atoms with Crippen LogP contribution in [0.1, 0.15) is 16.7 Å². The molecule has 0 fully saturated rings. The molecule has 2 N–H and O–H groups in total. The van der Waals surface area contributed by atoms with Crippen molar-refractivity contribution in [2.75, 3.05) is 25.3 Å². The Balaban J connectivity index is 1.84. The van der Waals surface area contributed by atoms with Gasteiger partial charge in [0, 0.05) is 12.1 Å². The SMILES string of the molecule is N#Cc1c(NCCO)nc(OCc2ccccc2)c(C#N)c1-c1ccc2c(c1)OCO2. The van der Waals surface area contributed by atoms with Gasteiger partial charge < -0.3 is 24.6 Å². The van der Waals surface area contributed by atoms with E-state index in [0.29, 0.717) is 22.6 Å². The first-order chi connectivity index (χ1) is 15.2. The average Bonchev–Trinajstić information content (AvgIpc) is 3.29. The number of hydrogen-bond donors (Lipinski definition) is 2. The minimum atomic E-state index is -0.147. The predicted molar refractivity (Wildman–Crippen MR) is 112 cm³/mol. The Kier molecular flexibility index (Phi) is 5.84. The lowest BCUT2D eigenvalue weighted by molar-refractivity contribution is 0.174. The zero-order valence-corrected chi connectivity index (χ0v) is 16.5. The number of ether oxygens (including phenoxy) is 3. The molecule has 0 bridgehead atoms. The second-order valence-corrected chi connectivity index (χ2v) is 6.61. The first-order valence-corrected chi connectivity index (χ1v) is 9.54. The van der Waals surface area contributed by atoms with Crippen LogP contribution in [0.25, 0.3) is 11.1 Å². The van der Waals surface area contributed by atoms with Crippen LogP contribution in [0, 0.1) is 22.7 Å². The first-order valence-electron chi connectivity index (χ1n) is 9.54. The quantitative estimate of drug-likeness (QED) is 0.605. The summed E-state index contributed by atoms with van der Waals surface area (Å²) >= 11 is 0. The number of aliphatic hydroxyl groups is 1. The molecule has 31 heavy (non-hydrogen) atoms. The maximum atomic E-state index is 9.94. The van der Waals surface area contributed by atoms with Gasteiger partial charge in [0.05, 0.1) is 6.61 Å². The number of fused-ring (bicyclic) bond motifs is 1. The lowest BCUT2D eigenvalue weighted by atomic mass is 9.96. The Labute approximate surface area is 178 Å². The van der Waals surface area contributed by atoms with E-state index in [1.54, 1.807) is 18.2 Å². The highest BCUT2D eigenvalue weighted by atomic mass is 16.7. The van der Waals surface area contributed by atoms with Gasteiger partial charge in [0.1, 0.15) is 35.7 Å². The monoisotopic (exact) mass is 414 g/mol. The summed E-state index contributed by atoms with van der Waals surface area (Å²) in [5.74, 6) is 1.44. The van der Waals surface area contributed by atoms with Crippen molar-refractivity contribution in [2.45, 2.75) is 6.61 Å². The third kappa shape index (κ3) is 4.06. The summed E-state index contributed by atoms with van der Waals surface area (Å²) in [5.41, 5.74) is 2.20. The molecule has 1 aliphatic heterocycles. The van der Waals surface area contributed by atoms with E-state index in [0.717, 1.165) is 5.56 Å². The largest absolute Gasteiger partial charge is 0.472 e. The molecule has 154 valence electrons. The molecule has 4 rings (SSSR count). The zero-order valence-electron chi connectivity index (χ0n) is 16.5. The van der Waals surface area contributed by atoms with Crippen LogP contribution >= 0.6 is 0 Å². The van der Waals surface area contributed by atoms with Crippen molar-refractivity contribution in [3.05, 3.63) is 65.2 Å². The molecular formula is C23H18N4O4. The number of anilines is 1. The Morgan fingerprint density at radius 1 is 1.03 bits per heavy atom. The average molecular weight is 414 g/mol. The van der Waals surface area contributed by atoms with E-state index in [1.165, 1.54) is 0 Å². The highest BCUT2D eigenvalue weighted by Crippen LogP contribution is 2.41. The molecule has 1 aromatic heterocycles. The number of nitriles is 2. The number of nitrogens with zero attached hydrogens (tertiary/aromatic N) is 3. The van der Waals surface area contributed by atoms with Crippen molar-refractivity contribution >= 4 is 5.82 Å². The van der Waals surface area contributed by atoms with E-state index >= 15 is 0 Å². The molecule has 0 aliphatic carbocycles. The highest BCUT2D eigenvalue weighted by molar-refractivity contribution is 5.84. The summed E-state index contributed by atoms with van der Waals surface area (Å²) in [7, 11) is 0. The van der Waals surface area contributed by atoms with Crippen molar-refractivity contribution in [3.8, 4) is 40.6 Å². The highest BCUT2D eigenvalue weighted by Gasteiger charge is 2.24. The van der Waals surface area contributed by atoms with Gasteiger partial charge in [-0.25, -0.2) is 0 Å². The summed E-state index contributed by atoms with van der Waals surface area (Å²) in [5, 5.41) is 32.0. The lowest BCUT2D eigenvalue weighted by Crippen LogP contribution is -2.12. The van der Waals surface area contributed by atoms with Gasteiger partial charge in [0.2, 0.25) is 12.7 Å². The Bertz CT molecular complexity index is 1180. The maximum Gasteiger partial charge on any atom is 0.234 e. The molecule has 0 radical (unpaired) electrons. The summed E-state index contributed by atoms with van der Waals surface area (Å²) in [6, 6.07) is 19.0. The molecule has 8 nitrogen and oxygen atoms in total. The van der Waals surface area contributed by atoms with Crippen LogP contribution in [0.3, 0.4) is 0 Å². The van der Waals surface area contributed by atoms with Gasteiger partial charge in [-0.1, -0.05) is 36.4 Å². The minimum absolute atomic E-state index is 0.0958. The maximum absolute atomic E-state index is 9.94. The lowest BCUT2D eigenvalue weighted by Gasteiger charge is -2.16. The standard InChI is InChI=1S/C23H18N4O4/c24-11-17-21(16-6-7-19-20(10-16)31-14-30-19)18(12-25)23(27-22(17)26-8-9-28)29-13-15-4-2-1-3-5-15/h1-7,10,28H,8-9,13-14H2,(H,26,27). The van der Waals surface area contributed by atoms with E-state index in [9.17, 15) is 15.6 Å². The van der Waals surface area contributed by atoms with Gasteiger partial charge in [0.15, 0.2) is 11.5 Å². The van der Waals surface area contributed by atoms with Crippen LogP contribution in [-0.4, -0.2) is 30.0 Å². The first kappa shape index (κ1) is 20.0. The molecule has 3 aromatic rings. The predicted octanol–water partition coefficient (Wildman–Crippen LogP) is 3.20. The molecule has 1 aliphatic rings. The molecule has 0 saturated heterocycles. The van der Waals surface area contributed by atoms with Crippen molar-refractivity contribution in [3.63, 3.8) is 0 Å². The van der Waals surface area contributed by atoms with Gasteiger partial charge in [-0.05, 0) is 23.3 Å². The number of pyridine rings is 1. The molecule has 0 atom stereocenters. The van der Waals surface area contributed by atoms with Gasteiger partial charge in [0.25, 0.3) is 0 Å². The van der Waals surface area contributed by atoms with Crippen LogP contribution in [0.4, 0.5) is 5.82 Å². The van der Waals surface area contributed by atoms with Crippen molar-refractivity contribution in [1.29, 1.82) is 10.5 Å². The number of benzene rings is 2. The van der Waals surface area contributed by atoms with E-state index < -0.39 is 0 Å². The zero-order chi connectivity index (χ0) is 21.6. The van der Waals surface area contributed by atoms with Gasteiger partial charge >= 0.3 is 0 Å². The topological polar surface area (TPSA) is 120 Å². The second kappa shape index (κ2) is 9.04. The molecule has 2 heterocycles. The van der Waals surface area contributed by atoms with E-state index in [1.807, 2.05) is 30.3 Å². The third-order valence-corrected chi connectivity index (χ3v) is 4.67. The van der Waals surface area contributed by atoms with Gasteiger partial charge in [-0.15, -0.1) is 0 Å². The molecule has 2 aromatic carbocycles. The smallest absolute Gasteiger partial charge is 0.234 e. The fourth-order valence-corrected chi connectivity index (χ4v) is 3.25. The molecule has 0 spiro atoms. The van der Waals surface area contributed by atoms with Crippen LogP contribution in [0.5, 0.6) is 17.4 Å². The minimum Gasteiger partial charge on any atom is -0.472 e. The second-order valence-electron chi connectivity index (χ2n) is 6.61. The van der Waals surface area contributed by atoms with Crippen molar-refractivity contribution < 1.29 is 19.3 Å². The van der Waals surface area contributed by atoms with E-state index in [2.05, 4.69) is 22.4 Å². The summed E-state index contributed by atoms with van der Waals surface area (Å²) in [6.07, 6.45) is 0. The van der Waals surface area contributed by atoms with Gasteiger partial charge in [-0.3, -0.25) is 0 Å². The van der Waals surface area contributed by atoms with Crippen LogP contribution in [-0.2, 0) is 6.61 Å².